The highest BCUT2D eigenvalue weighted by molar-refractivity contribution is 5.77. The predicted octanol–water partition coefficient (Wildman–Crippen LogP) is 7.33. The Labute approximate surface area is 179 Å². The zero-order valence-electron chi connectivity index (χ0n) is 18.6. The number of nitroso groups, excluding NO2 is 1. The Kier molecular flexibility index (Phi) is 5.82. The van der Waals surface area contributed by atoms with Crippen LogP contribution < -0.4 is 5.06 Å². The second kappa shape index (κ2) is 8.04. The summed E-state index contributed by atoms with van der Waals surface area (Å²) in [6.07, 6.45) is 0. The molecular formula is C26H30N2O2. The van der Waals surface area contributed by atoms with Crippen molar-refractivity contribution in [3.05, 3.63) is 82.9 Å². The van der Waals surface area contributed by atoms with Gasteiger partial charge < -0.3 is 10.3 Å². The number of hydroxylamine groups is 1. The molecule has 30 heavy (non-hydrogen) atoms. The molecule has 0 saturated heterocycles. The Balaban J connectivity index is 2.16. The molecule has 3 rings (SSSR count). The summed E-state index contributed by atoms with van der Waals surface area (Å²) < 4.78 is 0.970. The zero-order chi connectivity index (χ0) is 22.1. The Bertz CT molecular complexity index is 1040. The van der Waals surface area contributed by atoms with Crippen molar-refractivity contribution < 1.29 is 4.76 Å². The third-order valence-corrected chi connectivity index (χ3v) is 4.89. The highest BCUT2D eigenvalue weighted by Crippen LogP contribution is 2.35. The van der Waals surface area contributed by atoms with Gasteiger partial charge in [0.25, 0.3) is 5.69 Å². The van der Waals surface area contributed by atoms with Crippen LogP contribution in [0.25, 0.3) is 22.3 Å². The van der Waals surface area contributed by atoms with Crippen LogP contribution in [0.4, 0.5) is 11.4 Å². The van der Waals surface area contributed by atoms with Gasteiger partial charge in [0, 0.05) is 53.8 Å². The molecule has 0 radical (unpaired) electrons. The Morgan fingerprint density at radius 1 is 0.700 bits per heavy atom. The van der Waals surface area contributed by atoms with Crippen molar-refractivity contribution in [3.8, 4) is 22.3 Å². The van der Waals surface area contributed by atoms with E-state index in [1.54, 1.807) is 6.07 Å². The van der Waals surface area contributed by atoms with Gasteiger partial charge in [-0.3, -0.25) is 0 Å². The fourth-order valence-electron chi connectivity index (χ4n) is 3.28. The fraction of sp³-hybridized carbons (Fsp3) is 0.308. The van der Waals surface area contributed by atoms with Gasteiger partial charge in [-0.2, -0.15) is 0 Å². The minimum absolute atomic E-state index is 0.477. The number of rotatable bonds is 4. The highest BCUT2D eigenvalue weighted by atomic mass is 16.5. The third-order valence-electron chi connectivity index (χ3n) is 4.89. The van der Waals surface area contributed by atoms with Crippen LogP contribution in [0.15, 0.2) is 72.8 Å². The molecule has 0 spiro atoms. The average Bonchev–Trinajstić information content (AvgIpc) is 2.71. The van der Waals surface area contributed by atoms with E-state index in [1.165, 1.54) is 0 Å². The van der Waals surface area contributed by atoms with Crippen LogP contribution in [-0.4, -0.2) is 15.8 Å². The van der Waals surface area contributed by atoms with Crippen LogP contribution in [0.1, 0.15) is 41.5 Å². The molecule has 0 aliphatic heterocycles. The molecule has 0 N–H and O–H groups in total. The fourth-order valence-corrected chi connectivity index (χ4v) is 3.28. The van der Waals surface area contributed by atoms with Gasteiger partial charge in [0.2, 0.25) is 5.54 Å². The van der Waals surface area contributed by atoms with E-state index >= 15 is 0 Å². The van der Waals surface area contributed by atoms with Gasteiger partial charge in [0.15, 0.2) is 0 Å². The normalized spacial score (nSPS) is 12.0. The number of hydrogen-bond donors (Lipinski definition) is 0. The standard InChI is InChI=1S/C26H30N2O2/c1-25(2,3)27(29)23-16-22(17-24(18-23)28(30)26(4,5)6)21-14-10-13-20(15-21)19-11-8-7-9-12-19/h7-18H,1-6H3. The molecule has 0 bridgehead atoms. The zero-order valence-corrected chi connectivity index (χ0v) is 18.6. The number of nitrogens with zero attached hydrogens (tertiary/aromatic N) is 2. The molecule has 3 aromatic rings. The summed E-state index contributed by atoms with van der Waals surface area (Å²) in [7, 11) is 0. The molecule has 0 aliphatic rings. The summed E-state index contributed by atoms with van der Waals surface area (Å²) in [6, 6.07) is 23.7. The summed E-state index contributed by atoms with van der Waals surface area (Å²) >= 11 is 0. The minimum Gasteiger partial charge on any atom is -0.758 e. The van der Waals surface area contributed by atoms with Crippen LogP contribution in [0.3, 0.4) is 0 Å². The van der Waals surface area contributed by atoms with Gasteiger partial charge in [-0.25, -0.2) is 0 Å². The second-order valence-corrected chi connectivity index (χ2v) is 9.62. The molecule has 0 amide bonds. The first kappa shape index (κ1) is 21.7. The Morgan fingerprint density at radius 3 is 1.83 bits per heavy atom. The van der Waals surface area contributed by atoms with E-state index in [-0.39, 0.29) is 0 Å². The van der Waals surface area contributed by atoms with Gasteiger partial charge in [-0.15, -0.1) is 0 Å². The Hall–Kier alpha value is -2.98. The maximum Gasteiger partial charge on any atom is 0.259 e. The van der Waals surface area contributed by atoms with Crippen molar-refractivity contribution >= 4 is 11.4 Å². The molecule has 0 aromatic heterocycles. The van der Waals surface area contributed by atoms with E-state index in [1.807, 2.05) is 84.0 Å². The first-order chi connectivity index (χ1) is 14.0. The van der Waals surface area contributed by atoms with E-state index in [9.17, 15) is 10.1 Å². The van der Waals surface area contributed by atoms with Gasteiger partial charge >= 0.3 is 0 Å². The van der Waals surface area contributed by atoms with Crippen molar-refractivity contribution in [1.29, 1.82) is 0 Å². The number of anilines is 1. The van der Waals surface area contributed by atoms with Crippen molar-refractivity contribution in [2.24, 2.45) is 0 Å². The minimum atomic E-state index is -0.614. The molecule has 0 aliphatic carbocycles. The average molecular weight is 403 g/mol. The number of benzene rings is 3. The van der Waals surface area contributed by atoms with Crippen LogP contribution >= 0.6 is 0 Å². The molecule has 0 atom stereocenters. The largest absolute Gasteiger partial charge is 0.758 e. The maximum atomic E-state index is 13.0. The SMILES string of the molecule is CC(C)(C)N([O-])c1cc(-c2cccc(-c3ccccc3)c2)cc([N+](=O)C(C)(C)C)c1. The second-order valence-electron chi connectivity index (χ2n) is 9.62. The molecule has 0 unspecified atom stereocenters. The third kappa shape index (κ3) is 4.77. The monoisotopic (exact) mass is 402 g/mol. The van der Waals surface area contributed by atoms with Crippen molar-refractivity contribution in [2.75, 3.05) is 5.06 Å². The first-order valence-electron chi connectivity index (χ1n) is 10.2. The molecule has 3 aromatic carbocycles. The van der Waals surface area contributed by atoms with E-state index in [2.05, 4.69) is 24.3 Å². The van der Waals surface area contributed by atoms with Gasteiger partial charge in [0.1, 0.15) is 0 Å². The van der Waals surface area contributed by atoms with Crippen molar-refractivity contribution in [2.45, 2.75) is 52.6 Å². The molecule has 0 fully saturated rings. The van der Waals surface area contributed by atoms with E-state index < -0.39 is 11.1 Å². The summed E-state index contributed by atoms with van der Waals surface area (Å²) in [6.45, 7) is 11.2. The smallest absolute Gasteiger partial charge is 0.259 e. The van der Waals surface area contributed by atoms with E-state index in [0.717, 1.165) is 32.1 Å². The van der Waals surface area contributed by atoms with Gasteiger partial charge in [-0.05, 0) is 55.2 Å². The van der Waals surface area contributed by atoms with Crippen LogP contribution in [0.2, 0.25) is 0 Å². The topological polar surface area (TPSA) is 46.4 Å². The Morgan fingerprint density at radius 2 is 1.27 bits per heavy atom. The molecular weight excluding hydrogens is 372 g/mol. The van der Waals surface area contributed by atoms with E-state index in [4.69, 9.17) is 0 Å². The summed E-state index contributed by atoms with van der Waals surface area (Å²) in [4.78, 5) is 13.0. The lowest BCUT2D eigenvalue weighted by Crippen LogP contribution is -2.36. The maximum absolute atomic E-state index is 13.0. The first-order valence-corrected chi connectivity index (χ1v) is 10.2. The summed E-state index contributed by atoms with van der Waals surface area (Å²) in [5, 5.41) is 13.9. The molecule has 0 saturated carbocycles. The summed E-state index contributed by atoms with van der Waals surface area (Å²) in [5.74, 6) is 0. The van der Waals surface area contributed by atoms with Crippen molar-refractivity contribution in [1.82, 2.24) is 0 Å². The lowest BCUT2D eigenvalue weighted by molar-refractivity contribution is -0.540. The quantitative estimate of drug-likeness (QED) is 0.339. The lowest BCUT2D eigenvalue weighted by atomic mass is 9.97. The molecule has 4 nitrogen and oxygen atoms in total. The number of hydrogen-bond acceptors (Lipinski definition) is 3. The van der Waals surface area contributed by atoms with Gasteiger partial charge in [0.05, 0.1) is 0 Å². The van der Waals surface area contributed by atoms with Gasteiger partial charge in [-0.1, -0.05) is 48.5 Å². The van der Waals surface area contributed by atoms with Crippen LogP contribution in [0.5, 0.6) is 0 Å². The lowest BCUT2D eigenvalue weighted by Gasteiger charge is -2.43. The predicted molar refractivity (Wildman–Crippen MR) is 126 cm³/mol. The van der Waals surface area contributed by atoms with Crippen LogP contribution in [-0.2, 0) is 0 Å². The summed E-state index contributed by atoms with van der Waals surface area (Å²) in [5.41, 5.74) is 3.74. The molecule has 4 heteroatoms. The molecule has 156 valence electrons. The van der Waals surface area contributed by atoms with Crippen LogP contribution in [0, 0.1) is 10.1 Å². The highest BCUT2D eigenvalue weighted by Gasteiger charge is 2.32. The molecule has 0 heterocycles. The van der Waals surface area contributed by atoms with E-state index in [0.29, 0.717) is 11.4 Å². The van der Waals surface area contributed by atoms with Crippen molar-refractivity contribution in [3.63, 3.8) is 0 Å².